The number of β-amino-alcohol motifs (C(OH)–C–C–N with tert-alkyl or cyclic N) is 1. The predicted molar refractivity (Wildman–Crippen MR) is 149 cm³/mol. The Labute approximate surface area is 227 Å². The number of aromatic amines is 1. The summed E-state index contributed by atoms with van der Waals surface area (Å²) in [6, 6.07) is 16.9. The second-order valence-electron chi connectivity index (χ2n) is 10.6. The van der Waals surface area contributed by atoms with Crippen LogP contribution in [0, 0.1) is 0 Å². The molecule has 1 unspecified atom stereocenters. The number of carbonyl (C=O) groups excluding carboxylic acids is 2. The summed E-state index contributed by atoms with van der Waals surface area (Å²) in [5.41, 5.74) is 3.84. The monoisotopic (exact) mass is 524 g/mol. The Morgan fingerprint density at radius 1 is 1.08 bits per heavy atom. The molecule has 0 saturated carbocycles. The van der Waals surface area contributed by atoms with E-state index in [4.69, 9.17) is 0 Å². The fraction of sp³-hybridized carbons (Fsp3) is 0.267. The van der Waals surface area contributed by atoms with Crippen molar-refractivity contribution in [2.75, 3.05) is 16.8 Å². The molecule has 0 bridgehead atoms. The van der Waals surface area contributed by atoms with Gasteiger partial charge in [-0.2, -0.15) is 0 Å². The number of hydrogen-bond acceptors (Lipinski definition) is 6. The van der Waals surface area contributed by atoms with Gasteiger partial charge in [-0.3, -0.25) is 19.5 Å². The van der Waals surface area contributed by atoms with Gasteiger partial charge < -0.3 is 20.7 Å². The SMILES string of the molecule is CC(C)(C)c1ccc(N(C(=O)c2c[nH]cn2)C(C(=O)N[C@H]2c3ccccc3NC[C@H]2O)c2cccnc2)cc1. The largest absolute Gasteiger partial charge is 0.389 e. The van der Waals surface area contributed by atoms with E-state index in [0.717, 1.165) is 16.8 Å². The topological polar surface area (TPSA) is 123 Å². The molecule has 5 rings (SSSR count). The normalized spacial score (nSPS) is 17.4. The molecular weight excluding hydrogens is 492 g/mol. The molecule has 9 nitrogen and oxygen atoms in total. The van der Waals surface area contributed by atoms with Gasteiger partial charge in [-0.15, -0.1) is 0 Å². The van der Waals surface area contributed by atoms with Crippen molar-refractivity contribution >= 4 is 23.2 Å². The fourth-order valence-electron chi connectivity index (χ4n) is 4.84. The first kappa shape index (κ1) is 26.1. The second kappa shape index (κ2) is 10.7. The summed E-state index contributed by atoms with van der Waals surface area (Å²) in [5.74, 6) is -0.900. The fourth-order valence-corrected chi connectivity index (χ4v) is 4.84. The van der Waals surface area contributed by atoms with Gasteiger partial charge in [0.05, 0.1) is 18.5 Å². The number of aromatic nitrogens is 3. The van der Waals surface area contributed by atoms with E-state index in [2.05, 4.69) is 46.4 Å². The van der Waals surface area contributed by atoms with Crippen molar-refractivity contribution in [3.05, 3.63) is 108 Å². The van der Waals surface area contributed by atoms with Gasteiger partial charge in [0, 0.05) is 47.6 Å². The molecule has 2 aromatic carbocycles. The third kappa shape index (κ3) is 5.39. The minimum absolute atomic E-state index is 0.0891. The molecule has 9 heteroatoms. The summed E-state index contributed by atoms with van der Waals surface area (Å²) >= 11 is 0. The van der Waals surface area contributed by atoms with Gasteiger partial charge in [0.1, 0.15) is 11.7 Å². The molecule has 3 atom stereocenters. The molecule has 1 aliphatic rings. The summed E-state index contributed by atoms with van der Waals surface area (Å²) in [6.45, 7) is 6.62. The predicted octanol–water partition coefficient (Wildman–Crippen LogP) is 4.13. The molecule has 2 amide bonds. The van der Waals surface area contributed by atoms with Gasteiger partial charge in [0.2, 0.25) is 5.91 Å². The Balaban J connectivity index is 1.59. The lowest BCUT2D eigenvalue weighted by molar-refractivity contribution is -0.124. The lowest BCUT2D eigenvalue weighted by atomic mass is 9.87. The Hall–Kier alpha value is -4.50. The van der Waals surface area contributed by atoms with Crippen LogP contribution in [-0.2, 0) is 10.2 Å². The number of H-pyrrole nitrogens is 1. The maximum atomic E-state index is 14.2. The number of anilines is 2. The number of fused-ring (bicyclic) bond motifs is 1. The number of rotatable bonds is 6. The Morgan fingerprint density at radius 2 is 1.85 bits per heavy atom. The number of nitrogens with one attached hydrogen (secondary N) is 3. The van der Waals surface area contributed by atoms with Crippen molar-refractivity contribution in [1.29, 1.82) is 0 Å². The molecule has 0 radical (unpaired) electrons. The van der Waals surface area contributed by atoms with Gasteiger partial charge in [0.25, 0.3) is 5.91 Å². The van der Waals surface area contributed by atoms with Gasteiger partial charge in [0.15, 0.2) is 0 Å². The minimum atomic E-state index is -1.09. The standard InChI is InChI=1S/C30H32N6O3/c1-30(2,3)20-10-12-21(13-11-20)36(29(39)24-16-32-18-34-24)27(19-7-6-14-31-15-19)28(38)35-26-22-8-4-5-9-23(22)33-17-25(26)37/h4-16,18,25-27,33,37H,17H2,1-3H3,(H,32,34)(H,35,38)/t25-,26+,27?/m1/s1. The van der Waals surface area contributed by atoms with Crippen molar-refractivity contribution in [3.63, 3.8) is 0 Å². The van der Waals surface area contributed by atoms with Crippen LogP contribution < -0.4 is 15.5 Å². The number of imidazole rings is 1. The minimum Gasteiger partial charge on any atom is -0.389 e. The van der Waals surface area contributed by atoms with Crippen molar-refractivity contribution in [2.24, 2.45) is 0 Å². The van der Waals surface area contributed by atoms with E-state index >= 15 is 0 Å². The lowest BCUT2D eigenvalue weighted by Crippen LogP contribution is -2.49. The van der Waals surface area contributed by atoms with Crippen LogP contribution in [0.1, 0.15) is 60.0 Å². The number of aliphatic hydroxyl groups excluding tert-OH is 1. The molecule has 1 aliphatic heterocycles. The van der Waals surface area contributed by atoms with Crippen LogP contribution >= 0.6 is 0 Å². The lowest BCUT2D eigenvalue weighted by Gasteiger charge is -2.35. The van der Waals surface area contributed by atoms with Crippen molar-refractivity contribution in [2.45, 2.75) is 44.4 Å². The van der Waals surface area contributed by atoms with E-state index in [1.807, 2.05) is 48.5 Å². The Morgan fingerprint density at radius 3 is 2.51 bits per heavy atom. The molecule has 0 fully saturated rings. The summed E-state index contributed by atoms with van der Waals surface area (Å²) in [7, 11) is 0. The number of aliphatic hydroxyl groups is 1. The molecule has 3 heterocycles. The highest BCUT2D eigenvalue weighted by molar-refractivity contribution is 6.09. The number of carbonyl (C=O) groups is 2. The van der Waals surface area contributed by atoms with E-state index < -0.39 is 30.0 Å². The van der Waals surface area contributed by atoms with Crippen LogP contribution in [0.2, 0.25) is 0 Å². The van der Waals surface area contributed by atoms with Crippen LogP contribution in [-0.4, -0.2) is 44.5 Å². The first-order valence-electron chi connectivity index (χ1n) is 12.9. The molecule has 0 spiro atoms. The maximum Gasteiger partial charge on any atom is 0.279 e. The average Bonchev–Trinajstić information content (AvgIpc) is 3.48. The first-order chi connectivity index (χ1) is 18.7. The van der Waals surface area contributed by atoms with Gasteiger partial charge in [-0.25, -0.2) is 4.98 Å². The zero-order chi connectivity index (χ0) is 27.6. The van der Waals surface area contributed by atoms with E-state index in [1.54, 1.807) is 24.5 Å². The van der Waals surface area contributed by atoms with Crippen molar-refractivity contribution < 1.29 is 14.7 Å². The van der Waals surface area contributed by atoms with Crippen molar-refractivity contribution in [3.8, 4) is 0 Å². The Kier molecular flexibility index (Phi) is 7.17. The van der Waals surface area contributed by atoms with E-state index in [-0.39, 0.29) is 17.7 Å². The molecule has 200 valence electrons. The molecule has 4 aromatic rings. The van der Waals surface area contributed by atoms with Crippen LogP contribution in [0.15, 0.2) is 85.6 Å². The summed E-state index contributed by atoms with van der Waals surface area (Å²) < 4.78 is 0. The van der Waals surface area contributed by atoms with Gasteiger partial charge >= 0.3 is 0 Å². The van der Waals surface area contributed by atoms with E-state index in [9.17, 15) is 14.7 Å². The third-order valence-corrected chi connectivity index (χ3v) is 6.93. The molecule has 0 aliphatic carbocycles. The van der Waals surface area contributed by atoms with Gasteiger partial charge in [-0.05, 0) is 35.2 Å². The van der Waals surface area contributed by atoms with E-state index in [1.165, 1.54) is 17.4 Å². The molecule has 4 N–H and O–H groups in total. The smallest absolute Gasteiger partial charge is 0.279 e. The van der Waals surface area contributed by atoms with Crippen LogP contribution in [0.4, 0.5) is 11.4 Å². The van der Waals surface area contributed by atoms with Gasteiger partial charge in [-0.1, -0.05) is 57.2 Å². The number of pyridine rings is 1. The number of amides is 2. The second-order valence-corrected chi connectivity index (χ2v) is 10.6. The summed E-state index contributed by atoms with van der Waals surface area (Å²) in [4.78, 5) is 40.8. The highest BCUT2D eigenvalue weighted by atomic mass is 16.3. The highest BCUT2D eigenvalue weighted by Gasteiger charge is 2.38. The van der Waals surface area contributed by atoms with Crippen molar-refractivity contribution in [1.82, 2.24) is 20.3 Å². The zero-order valence-electron chi connectivity index (χ0n) is 22.1. The molecule has 39 heavy (non-hydrogen) atoms. The maximum absolute atomic E-state index is 14.2. The van der Waals surface area contributed by atoms with Crippen LogP contribution in [0.3, 0.4) is 0 Å². The molecule has 0 saturated heterocycles. The number of hydrogen-bond donors (Lipinski definition) is 4. The summed E-state index contributed by atoms with van der Waals surface area (Å²) in [5, 5.41) is 17.1. The van der Waals surface area contributed by atoms with Crippen LogP contribution in [0.25, 0.3) is 0 Å². The number of nitrogens with zero attached hydrogens (tertiary/aromatic N) is 3. The van der Waals surface area contributed by atoms with Crippen LogP contribution in [0.5, 0.6) is 0 Å². The first-order valence-corrected chi connectivity index (χ1v) is 12.9. The summed E-state index contributed by atoms with van der Waals surface area (Å²) in [6.07, 6.45) is 5.26. The third-order valence-electron chi connectivity index (χ3n) is 6.93. The Bertz CT molecular complexity index is 1430. The quantitative estimate of drug-likeness (QED) is 0.301. The highest BCUT2D eigenvalue weighted by Crippen LogP contribution is 2.34. The molecule has 2 aromatic heterocycles. The number of para-hydroxylation sites is 1. The number of benzene rings is 2. The van der Waals surface area contributed by atoms with E-state index in [0.29, 0.717) is 11.3 Å². The zero-order valence-corrected chi connectivity index (χ0v) is 22.1. The average molecular weight is 525 g/mol. The molecular formula is C30H32N6O3.